The molecule has 2 heteroatoms. The van der Waals surface area contributed by atoms with Gasteiger partial charge in [0.2, 0.25) is 0 Å². The number of benzene rings is 2. The Morgan fingerprint density at radius 1 is 0.625 bits per heavy atom. The molecule has 0 N–H and O–H groups in total. The van der Waals surface area contributed by atoms with Gasteiger partial charge in [-0.25, -0.2) is 0 Å². The van der Waals surface area contributed by atoms with Gasteiger partial charge < -0.3 is 0 Å². The molecule has 0 fully saturated rings. The molecule has 2 aromatic rings. The Labute approximate surface area is 108 Å². The van der Waals surface area contributed by atoms with Crippen LogP contribution in [0.5, 0.6) is 0 Å². The van der Waals surface area contributed by atoms with Gasteiger partial charge in [0.25, 0.3) is 0 Å². The van der Waals surface area contributed by atoms with Crippen LogP contribution in [-0.2, 0) is 0 Å². The van der Waals surface area contributed by atoms with E-state index >= 15 is 0 Å². The Balaban J connectivity index is 2.09. The Morgan fingerprint density at radius 3 is 1.38 bits per heavy atom. The topological polar surface area (TPSA) is 0 Å². The van der Waals surface area contributed by atoms with Crippen LogP contribution in [0.4, 0.5) is 0 Å². The Bertz CT molecular complexity index is 432. The molecule has 0 nitrogen and oxygen atoms in total. The minimum absolute atomic E-state index is 0.616. The van der Waals surface area contributed by atoms with E-state index in [2.05, 4.69) is 62.4 Å². The number of aryl methyl sites for hydroxylation is 2. The first kappa shape index (κ1) is 11.9. The molecule has 16 heavy (non-hydrogen) atoms. The second kappa shape index (κ2) is 5.70. The van der Waals surface area contributed by atoms with Crippen molar-refractivity contribution < 1.29 is 0 Å². The predicted octanol–water partition coefficient (Wildman–Crippen LogP) is 1.58. The van der Waals surface area contributed by atoms with E-state index in [1.54, 1.807) is 8.92 Å². The summed E-state index contributed by atoms with van der Waals surface area (Å²) in [7, 11) is 0. The molecule has 0 radical (unpaired) electrons. The second-order valence-electron chi connectivity index (χ2n) is 3.70. The third-order valence-electron chi connectivity index (χ3n) is 2.41. The molecule has 0 amide bonds. The van der Waals surface area contributed by atoms with E-state index in [4.69, 9.17) is 0 Å². The summed E-state index contributed by atoms with van der Waals surface area (Å²) in [5, 5.41) is 0. The van der Waals surface area contributed by atoms with Crippen molar-refractivity contribution in [3.63, 3.8) is 0 Å². The van der Waals surface area contributed by atoms with Gasteiger partial charge in [0.15, 0.2) is 0 Å². The van der Waals surface area contributed by atoms with Crippen LogP contribution in [0.3, 0.4) is 0 Å². The van der Waals surface area contributed by atoms with E-state index < -0.39 is 0 Å². The van der Waals surface area contributed by atoms with E-state index in [0.29, 0.717) is 26.3 Å². The van der Waals surface area contributed by atoms with Crippen LogP contribution in [0.15, 0.2) is 48.5 Å². The Kier molecular flexibility index (Phi) is 4.26. The molecule has 0 atom stereocenters. The molecule has 0 bridgehead atoms. The van der Waals surface area contributed by atoms with E-state index in [1.807, 2.05) is 0 Å². The summed E-state index contributed by atoms with van der Waals surface area (Å²) in [6.45, 7) is 4.43. The standard InChI is InChI=1S/C14H14Se2/c1-11-7-3-5-9-13(11)15-16-14-10-6-4-8-12(14)2/h3-10H,1-2H3. The zero-order chi connectivity index (χ0) is 11.4. The molecule has 0 saturated heterocycles. The summed E-state index contributed by atoms with van der Waals surface area (Å²) in [5.41, 5.74) is 2.89. The van der Waals surface area contributed by atoms with Crippen LogP contribution in [0.2, 0.25) is 0 Å². The van der Waals surface area contributed by atoms with Crippen molar-refractivity contribution in [3.8, 4) is 0 Å². The first-order valence-corrected chi connectivity index (χ1v) is 11.3. The minimum atomic E-state index is 0.616. The van der Waals surface area contributed by atoms with Crippen LogP contribution in [-0.4, -0.2) is 26.3 Å². The van der Waals surface area contributed by atoms with Crippen molar-refractivity contribution in [1.82, 2.24) is 0 Å². The summed E-state index contributed by atoms with van der Waals surface area (Å²) < 4.78 is 3.11. The van der Waals surface area contributed by atoms with Crippen molar-refractivity contribution in [2.75, 3.05) is 0 Å². The van der Waals surface area contributed by atoms with Gasteiger partial charge in [0, 0.05) is 0 Å². The van der Waals surface area contributed by atoms with Crippen molar-refractivity contribution in [3.05, 3.63) is 59.7 Å². The molecule has 0 aliphatic rings. The van der Waals surface area contributed by atoms with E-state index in [0.717, 1.165) is 0 Å². The predicted molar refractivity (Wildman–Crippen MR) is 73.1 cm³/mol. The summed E-state index contributed by atoms with van der Waals surface area (Å²) in [6.07, 6.45) is 0. The normalized spacial score (nSPS) is 10.4. The monoisotopic (exact) mass is 342 g/mol. The van der Waals surface area contributed by atoms with Gasteiger partial charge in [0.05, 0.1) is 0 Å². The molecule has 0 spiro atoms. The summed E-state index contributed by atoms with van der Waals surface area (Å²) >= 11 is 1.23. The van der Waals surface area contributed by atoms with E-state index in [9.17, 15) is 0 Å². The maximum atomic E-state index is 2.27. The quantitative estimate of drug-likeness (QED) is 0.745. The SMILES string of the molecule is Cc1ccccc1[Se][Se]c1ccccc1C. The summed E-state index contributed by atoms with van der Waals surface area (Å²) in [4.78, 5) is 0. The molecule has 0 aliphatic carbocycles. The molecular formula is C14H14Se2. The van der Waals surface area contributed by atoms with Crippen LogP contribution >= 0.6 is 0 Å². The summed E-state index contributed by atoms with van der Waals surface area (Å²) in [6, 6.07) is 17.5. The van der Waals surface area contributed by atoms with E-state index in [-0.39, 0.29) is 0 Å². The van der Waals surface area contributed by atoms with Gasteiger partial charge in [-0.1, -0.05) is 0 Å². The van der Waals surface area contributed by atoms with Gasteiger partial charge in [-0.2, -0.15) is 0 Å². The maximum absolute atomic E-state index is 2.27. The molecule has 0 saturated carbocycles. The van der Waals surface area contributed by atoms with Crippen LogP contribution in [0, 0.1) is 13.8 Å². The number of rotatable bonds is 3. The number of hydrogen-bond donors (Lipinski definition) is 0. The Hall–Kier alpha value is -0.521. The molecular weight excluding hydrogens is 326 g/mol. The van der Waals surface area contributed by atoms with Gasteiger partial charge in [-0.05, 0) is 0 Å². The zero-order valence-corrected chi connectivity index (χ0v) is 12.9. The average molecular weight is 340 g/mol. The average Bonchev–Trinajstić information content (AvgIpc) is 2.30. The van der Waals surface area contributed by atoms with Crippen molar-refractivity contribution in [1.29, 1.82) is 0 Å². The molecule has 2 rings (SSSR count). The zero-order valence-electron chi connectivity index (χ0n) is 9.44. The molecule has 0 aromatic heterocycles. The fraction of sp³-hybridized carbons (Fsp3) is 0.143. The van der Waals surface area contributed by atoms with E-state index in [1.165, 1.54) is 11.1 Å². The molecule has 82 valence electrons. The first-order chi connectivity index (χ1) is 7.77. The van der Waals surface area contributed by atoms with Crippen molar-refractivity contribution in [2.45, 2.75) is 13.8 Å². The van der Waals surface area contributed by atoms with Gasteiger partial charge in [-0.3, -0.25) is 0 Å². The van der Waals surface area contributed by atoms with Crippen molar-refractivity contribution >= 4 is 35.2 Å². The fourth-order valence-corrected chi connectivity index (χ4v) is 9.20. The second-order valence-corrected chi connectivity index (χ2v) is 9.88. The van der Waals surface area contributed by atoms with Gasteiger partial charge in [0.1, 0.15) is 0 Å². The third-order valence-corrected chi connectivity index (χ3v) is 10.1. The summed E-state index contributed by atoms with van der Waals surface area (Å²) in [5.74, 6) is 0. The van der Waals surface area contributed by atoms with Crippen LogP contribution < -0.4 is 8.92 Å². The molecule has 0 aliphatic heterocycles. The third kappa shape index (κ3) is 2.99. The fourth-order valence-electron chi connectivity index (χ4n) is 1.39. The molecule has 0 heterocycles. The van der Waals surface area contributed by atoms with Gasteiger partial charge in [-0.15, -0.1) is 0 Å². The van der Waals surface area contributed by atoms with Crippen LogP contribution in [0.1, 0.15) is 11.1 Å². The first-order valence-electron chi connectivity index (χ1n) is 5.23. The van der Waals surface area contributed by atoms with Gasteiger partial charge >= 0.3 is 109 Å². The number of hydrogen-bond acceptors (Lipinski definition) is 0. The van der Waals surface area contributed by atoms with Crippen molar-refractivity contribution in [2.24, 2.45) is 0 Å². The van der Waals surface area contributed by atoms with Crippen LogP contribution in [0.25, 0.3) is 0 Å². The molecule has 0 unspecified atom stereocenters. The Morgan fingerprint density at radius 2 is 1.00 bits per heavy atom. The molecule has 2 aromatic carbocycles.